The van der Waals surface area contributed by atoms with Crippen LogP contribution < -0.4 is 11.1 Å². The van der Waals surface area contributed by atoms with Crippen molar-refractivity contribution in [2.45, 2.75) is 6.04 Å². The fourth-order valence-electron chi connectivity index (χ4n) is 0.358. The molecule has 0 saturated carbocycles. The summed E-state index contributed by atoms with van der Waals surface area (Å²) < 4.78 is 0. The molecule has 0 heterocycles. The van der Waals surface area contributed by atoms with Gasteiger partial charge in [0.1, 0.15) is 6.04 Å². The number of halogens is 2. The van der Waals surface area contributed by atoms with E-state index in [-0.39, 0.29) is 34.8 Å². The van der Waals surface area contributed by atoms with Crippen molar-refractivity contribution in [3.8, 4) is 0 Å². The second kappa shape index (κ2) is 7.51. The standard InChI is InChI=1S/C5H9BrN2O3.BrH/c6-1-4(9)8-2-3(7)5(10)11;/h3H,1-2,7H2,(H,8,9)(H,10,11);1H/t3-;/m0./s1. The molecule has 0 spiro atoms. The van der Waals surface area contributed by atoms with Crippen LogP contribution in [0.3, 0.4) is 0 Å². The molecule has 0 bridgehead atoms. The minimum atomic E-state index is -1.13. The summed E-state index contributed by atoms with van der Waals surface area (Å²) in [5, 5.41) is 10.8. The second-order valence-electron chi connectivity index (χ2n) is 1.88. The van der Waals surface area contributed by atoms with Crippen molar-refractivity contribution in [1.82, 2.24) is 5.32 Å². The van der Waals surface area contributed by atoms with E-state index in [4.69, 9.17) is 10.8 Å². The van der Waals surface area contributed by atoms with Crippen LogP contribution in [-0.4, -0.2) is 34.9 Å². The van der Waals surface area contributed by atoms with Crippen LogP contribution in [0.15, 0.2) is 0 Å². The van der Waals surface area contributed by atoms with Crippen LogP contribution in [0, 0.1) is 0 Å². The average Bonchev–Trinajstić information content (AvgIpc) is 1.99. The zero-order valence-electron chi connectivity index (χ0n) is 6.12. The highest BCUT2D eigenvalue weighted by Crippen LogP contribution is 1.80. The van der Waals surface area contributed by atoms with E-state index in [1.165, 1.54) is 0 Å². The zero-order valence-corrected chi connectivity index (χ0v) is 9.42. The monoisotopic (exact) mass is 304 g/mol. The van der Waals surface area contributed by atoms with E-state index in [0.29, 0.717) is 0 Å². The van der Waals surface area contributed by atoms with Gasteiger partial charge in [-0.3, -0.25) is 9.59 Å². The first-order chi connectivity index (χ1) is 5.07. The number of hydrogen-bond acceptors (Lipinski definition) is 3. The third kappa shape index (κ3) is 6.56. The van der Waals surface area contributed by atoms with Crippen molar-refractivity contribution in [1.29, 1.82) is 0 Å². The molecule has 0 unspecified atom stereocenters. The van der Waals surface area contributed by atoms with Crippen molar-refractivity contribution in [2.24, 2.45) is 5.73 Å². The van der Waals surface area contributed by atoms with Gasteiger partial charge in [0.05, 0.1) is 5.33 Å². The Bertz CT molecular complexity index is 165. The van der Waals surface area contributed by atoms with Gasteiger partial charge >= 0.3 is 5.97 Å². The third-order valence-electron chi connectivity index (χ3n) is 0.958. The minimum absolute atomic E-state index is 0. The molecule has 0 aliphatic carbocycles. The van der Waals surface area contributed by atoms with Crippen LogP contribution in [-0.2, 0) is 9.59 Å². The highest BCUT2D eigenvalue weighted by atomic mass is 79.9. The first kappa shape index (κ1) is 14.4. The fourth-order valence-corrected chi connectivity index (χ4v) is 0.557. The van der Waals surface area contributed by atoms with Gasteiger partial charge in [-0.05, 0) is 0 Å². The lowest BCUT2D eigenvalue weighted by Gasteiger charge is -2.06. The zero-order chi connectivity index (χ0) is 8.85. The molecule has 0 saturated heterocycles. The van der Waals surface area contributed by atoms with E-state index in [0.717, 1.165) is 0 Å². The van der Waals surface area contributed by atoms with Crippen LogP contribution >= 0.6 is 32.9 Å². The molecule has 4 N–H and O–H groups in total. The predicted molar refractivity (Wildman–Crippen MR) is 52.7 cm³/mol. The number of carbonyl (C=O) groups is 2. The Morgan fingerprint density at radius 2 is 2.08 bits per heavy atom. The van der Waals surface area contributed by atoms with Gasteiger partial charge in [-0.2, -0.15) is 0 Å². The second-order valence-corrected chi connectivity index (χ2v) is 2.44. The molecule has 0 aromatic heterocycles. The Morgan fingerprint density at radius 1 is 1.58 bits per heavy atom. The summed E-state index contributed by atoms with van der Waals surface area (Å²) in [4.78, 5) is 20.6. The Kier molecular flexibility index (Phi) is 9.00. The first-order valence-electron chi connectivity index (χ1n) is 2.89. The molecule has 7 heteroatoms. The number of rotatable bonds is 4. The lowest BCUT2D eigenvalue weighted by molar-refractivity contribution is -0.138. The van der Waals surface area contributed by atoms with E-state index >= 15 is 0 Å². The molecule has 0 aliphatic heterocycles. The number of amides is 1. The van der Waals surface area contributed by atoms with Gasteiger partial charge in [0, 0.05) is 6.54 Å². The quantitative estimate of drug-likeness (QED) is 0.610. The average molecular weight is 306 g/mol. The maximum absolute atomic E-state index is 10.5. The van der Waals surface area contributed by atoms with Crippen LogP contribution in [0.5, 0.6) is 0 Å². The summed E-state index contributed by atoms with van der Waals surface area (Å²) in [5.41, 5.74) is 5.09. The molecule has 1 atom stereocenters. The fraction of sp³-hybridized carbons (Fsp3) is 0.600. The van der Waals surface area contributed by atoms with E-state index in [2.05, 4.69) is 21.2 Å². The number of carboxylic acid groups (broad SMARTS) is 1. The van der Waals surface area contributed by atoms with Gasteiger partial charge < -0.3 is 16.2 Å². The highest BCUT2D eigenvalue weighted by molar-refractivity contribution is 9.09. The van der Waals surface area contributed by atoms with E-state index in [9.17, 15) is 9.59 Å². The number of carbonyl (C=O) groups excluding carboxylic acids is 1. The van der Waals surface area contributed by atoms with Crippen LogP contribution in [0.4, 0.5) is 0 Å². The lowest BCUT2D eigenvalue weighted by atomic mass is 10.3. The van der Waals surface area contributed by atoms with Crippen LogP contribution in [0.2, 0.25) is 0 Å². The van der Waals surface area contributed by atoms with E-state index < -0.39 is 12.0 Å². The van der Waals surface area contributed by atoms with Gasteiger partial charge in [0.25, 0.3) is 0 Å². The van der Waals surface area contributed by atoms with Gasteiger partial charge in [-0.25, -0.2) is 0 Å². The summed E-state index contributed by atoms with van der Waals surface area (Å²) in [5.74, 6) is -1.40. The largest absolute Gasteiger partial charge is 0.480 e. The molecule has 72 valence electrons. The molecule has 1 amide bonds. The maximum atomic E-state index is 10.5. The van der Waals surface area contributed by atoms with Crippen molar-refractivity contribution >= 4 is 44.8 Å². The van der Waals surface area contributed by atoms with Crippen molar-refractivity contribution in [3.05, 3.63) is 0 Å². The van der Waals surface area contributed by atoms with Gasteiger partial charge in [-0.1, -0.05) is 15.9 Å². The Morgan fingerprint density at radius 3 is 2.42 bits per heavy atom. The molecule has 0 aromatic carbocycles. The molecular formula is C5H10Br2N2O3. The van der Waals surface area contributed by atoms with E-state index in [1.807, 2.05) is 0 Å². The van der Waals surface area contributed by atoms with Crippen molar-refractivity contribution in [3.63, 3.8) is 0 Å². The number of carboxylic acids is 1. The predicted octanol–water partition coefficient (Wildman–Crippen LogP) is -0.513. The number of aliphatic carboxylic acids is 1. The van der Waals surface area contributed by atoms with Crippen LogP contribution in [0.1, 0.15) is 0 Å². The summed E-state index contributed by atoms with van der Waals surface area (Å²) in [7, 11) is 0. The molecular weight excluding hydrogens is 296 g/mol. The van der Waals surface area contributed by atoms with Crippen molar-refractivity contribution < 1.29 is 14.7 Å². The molecule has 0 rings (SSSR count). The smallest absolute Gasteiger partial charge is 0.322 e. The number of nitrogens with two attached hydrogens (primary N) is 1. The Labute approximate surface area is 88.6 Å². The summed E-state index contributed by atoms with van der Waals surface area (Å²) in [6, 6.07) is -1.03. The Balaban J connectivity index is 0. The molecule has 12 heavy (non-hydrogen) atoms. The highest BCUT2D eigenvalue weighted by Gasteiger charge is 2.11. The van der Waals surface area contributed by atoms with Gasteiger partial charge in [-0.15, -0.1) is 17.0 Å². The molecule has 0 aliphatic rings. The number of nitrogens with one attached hydrogen (secondary N) is 1. The first-order valence-corrected chi connectivity index (χ1v) is 4.01. The van der Waals surface area contributed by atoms with Crippen molar-refractivity contribution in [2.75, 3.05) is 11.9 Å². The summed E-state index contributed by atoms with van der Waals surface area (Å²) in [6.07, 6.45) is 0. The topological polar surface area (TPSA) is 92.4 Å². The van der Waals surface area contributed by atoms with Crippen LogP contribution in [0.25, 0.3) is 0 Å². The lowest BCUT2D eigenvalue weighted by Crippen LogP contribution is -2.42. The number of alkyl halides is 1. The molecule has 0 fully saturated rings. The molecule has 0 radical (unpaired) electrons. The SMILES string of the molecule is Br.N[C@@H](CNC(=O)CBr)C(=O)O. The maximum Gasteiger partial charge on any atom is 0.322 e. The van der Waals surface area contributed by atoms with E-state index in [1.54, 1.807) is 0 Å². The normalized spacial score (nSPS) is 11.2. The number of hydrogen-bond donors (Lipinski definition) is 3. The molecule has 0 aromatic rings. The third-order valence-corrected chi connectivity index (χ3v) is 1.47. The van der Waals surface area contributed by atoms with Gasteiger partial charge in [0.15, 0.2) is 0 Å². The Hall–Kier alpha value is -0.140. The minimum Gasteiger partial charge on any atom is -0.480 e. The summed E-state index contributed by atoms with van der Waals surface area (Å²) >= 11 is 2.90. The van der Waals surface area contributed by atoms with Gasteiger partial charge in [0.2, 0.25) is 5.91 Å². The summed E-state index contributed by atoms with van der Waals surface area (Å²) in [6.45, 7) is -0.0419. The molecule has 5 nitrogen and oxygen atoms in total.